The number of unbranched alkanes of at least 4 members (excludes halogenated alkanes) is 48. The van der Waals surface area contributed by atoms with Gasteiger partial charge in [0.1, 0.15) is 6.61 Å². The molecule has 2 unspecified atom stereocenters. The molecule has 0 radical (unpaired) electrons. The predicted octanol–water partition coefficient (Wildman–Crippen LogP) is 21.8. The topological polar surface area (TPSA) is 134 Å². The lowest BCUT2D eigenvalue weighted by Crippen LogP contribution is -2.29. The second kappa shape index (κ2) is 63.7. The molecule has 0 heterocycles. The Balaban J connectivity index is 3.75. The molecule has 0 aromatic heterocycles. The Morgan fingerprint density at radius 1 is 0.390 bits per heavy atom. The van der Waals surface area contributed by atoms with E-state index in [0.29, 0.717) is 6.42 Å². The van der Waals surface area contributed by atoms with Crippen LogP contribution < -0.4 is 5.73 Å². The van der Waals surface area contributed by atoms with Crippen molar-refractivity contribution < 1.29 is 37.6 Å². The summed E-state index contributed by atoms with van der Waals surface area (Å²) >= 11 is 0. The van der Waals surface area contributed by atoms with Crippen LogP contribution >= 0.6 is 7.82 Å². The van der Waals surface area contributed by atoms with Crippen molar-refractivity contribution in [2.24, 2.45) is 5.73 Å². The van der Waals surface area contributed by atoms with Gasteiger partial charge in [0.15, 0.2) is 6.10 Å². The first-order chi connectivity index (χ1) is 37.8. The van der Waals surface area contributed by atoms with Crippen molar-refractivity contribution in [3.63, 3.8) is 0 Å². The molecule has 3 N–H and O–H groups in total. The van der Waals surface area contributed by atoms with Gasteiger partial charge in [0, 0.05) is 19.4 Å². The van der Waals surface area contributed by atoms with Crippen molar-refractivity contribution in [3.8, 4) is 0 Å². The second-order valence-electron chi connectivity index (χ2n) is 23.1. The third-order valence-electron chi connectivity index (χ3n) is 15.3. The summed E-state index contributed by atoms with van der Waals surface area (Å²) in [5, 5.41) is 0. The molecule has 0 amide bonds. The largest absolute Gasteiger partial charge is 0.472 e. The second-order valence-corrected chi connectivity index (χ2v) is 24.5. The van der Waals surface area contributed by atoms with Gasteiger partial charge in [0.05, 0.1) is 13.2 Å². The zero-order valence-corrected chi connectivity index (χ0v) is 52.1. The van der Waals surface area contributed by atoms with Crippen LogP contribution in [-0.4, -0.2) is 49.3 Å². The third kappa shape index (κ3) is 63.5. The fourth-order valence-electron chi connectivity index (χ4n) is 10.3. The van der Waals surface area contributed by atoms with E-state index < -0.39 is 26.5 Å². The molecule has 0 fully saturated rings. The molecule has 0 aromatic rings. The molecule has 0 aliphatic heterocycles. The summed E-state index contributed by atoms with van der Waals surface area (Å²) in [4.78, 5) is 35.2. The number of ether oxygens (including phenoxy) is 2. The summed E-state index contributed by atoms with van der Waals surface area (Å²) in [5.74, 6) is -0.813. The number of phosphoric ester groups is 1. The first-order valence-corrected chi connectivity index (χ1v) is 35.3. The molecule has 77 heavy (non-hydrogen) atoms. The smallest absolute Gasteiger partial charge is 0.462 e. The number of allylic oxidation sites excluding steroid dienone is 4. The van der Waals surface area contributed by atoms with Gasteiger partial charge in [-0.25, -0.2) is 4.57 Å². The van der Waals surface area contributed by atoms with E-state index in [2.05, 4.69) is 38.2 Å². The van der Waals surface area contributed by atoms with Gasteiger partial charge in [-0.3, -0.25) is 18.6 Å². The summed E-state index contributed by atoms with van der Waals surface area (Å²) in [6.07, 6.45) is 77.2. The lowest BCUT2D eigenvalue weighted by Gasteiger charge is -2.19. The minimum atomic E-state index is -4.39. The Labute approximate surface area is 478 Å². The van der Waals surface area contributed by atoms with Crippen LogP contribution in [0.4, 0.5) is 0 Å². The zero-order chi connectivity index (χ0) is 55.9. The molecule has 0 aliphatic rings. The van der Waals surface area contributed by atoms with Crippen molar-refractivity contribution >= 4 is 19.8 Å². The van der Waals surface area contributed by atoms with E-state index >= 15 is 0 Å². The lowest BCUT2D eigenvalue weighted by molar-refractivity contribution is -0.161. The van der Waals surface area contributed by atoms with Crippen LogP contribution in [0.15, 0.2) is 24.3 Å². The summed E-state index contributed by atoms with van der Waals surface area (Å²) in [5.41, 5.74) is 5.39. The van der Waals surface area contributed by atoms with Crippen molar-refractivity contribution in [3.05, 3.63) is 24.3 Å². The number of carbonyl (C=O) groups excluding carboxylic acids is 2. The highest BCUT2D eigenvalue weighted by Gasteiger charge is 2.26. The quantitative estimate of drug-likeness (QED) is 0.0264. The minimum absolute atomic E-state index is 0.0549. The summed E-state index contributed by atoms with van der Waals surface area (Å²) in [7, 11) is -4.39. The van der Waals surface area contributed by atoms with Crippen molar-refractivity contribution in [1.82, 2.24) is 0 Å². The lowest BCUT2D eigenvalue weighted by atomic mass is 10.0. The Hall–Kier alpha value is -1.51. The van der Waals surface area contributed by atoms with Crippen LogP contribution in [0.5, 0.6) is 0 Å². The van der Waals surface area contributed by atoms with E-state index in [1.807, 2.05) is 0 Å². The van der Waals surface area contributed by atoms with E-state index in [0.717, 1.165) is 51.4 Å². The first-order valence-electron chi connectivity index (χ1n) is 33.8. The van der Waals surface area contributed by atoms with Crippen LogP contribution in [0.1, 0.15) is 361 Å². The number of hydrogen-bond donors (Lipinski definition) is 2. The maximum absolute atomic E-state index is 12.7. The van der Waals surface area contributed by atoms with Crippen LogP contribution in [-0.2, 0) is 32.7 Å². The van der Waals surface area contributed by atoms with Crippen molar-refractivity contribution in [2.45, 2.75) is 367 Å². The first kappa shape index (κ1) is 75.5. The standard InChI is InChI=1S/C67H130NO8P/c1-3-5-7-9-11-13-15-17-19-21-23-24-25-26-27-28-29-30-31-32-33-34-35-36-37-38-39-40-42-43-45-47-49-51-53-55-57-59-66(69)73-63-65(64-75-77(71,72)74-62-61-68)76-67(70)60-58-56-54-52-50-48-46-44-41-22-20-18-16-14-12-10-8-6-4-2/h12,14,18,20,65H,3-11,13,15-17,19,21-64,68H2,1-2H3,(H,71,72)/b14-12-,20-18-. The van der Waals surface area contributed by atoms with E-state index in [4.69, 9.17) is 24.3 Å². The molecule has 0 saturated carbocycles. The van der Waals surface area contributed by atoms with Gasteiger partial charge in [-0.05, 0) is 44.9 Å². The van der Waals surface area contributed by atoms with Gasteiger partial charge in [-0.15, -0.1) is 0 Å². The summed E-state index contributed by atoms with van der Waals surface area (Å²) < 4.78 is 33.1. The molecule has 0 aliphatic carbocycles. The zero-order valence-electron chi connectivity index (χ0n) is 51.2. The van der Waals surface area contributed by atoms with Crippen LogP contribution in [0.3, 0.4) is 0 Å². The molecule has 0 rings (SSSR count). The van der Waals surface area contributed by atoms with E-state index in [-0.39, 0.29) is 38.6 Å². The van der Waals surface area contributed by atoms with Gasteiger partial charge in [-0.1, -0.05) is 327 Å². The highest BCUT2D eigenvalue weighted by molar-refractivity contribution is 7.47. The average Bonchev–Trinajstić information content (AvgIpc) is 3.42. The van der Waals surface area contributed by atoms with Gasteiger partial charge in [0.25, 0.3) is 0 Å². The number of carbonyl (C=O) groups is 2. The normalized spacial score (nSPS) is 13.0. The highest BCUT2D eigenvalue weighted by Crippen LogP contribution is 2.43. The van der Waals surface area contributed by atoms with Crippen molar-refractivity contribution in [2.75, 3.05) is 26.4 Å². The van der Waals surface area contributed by atoms with Crippen molar-refractivity contribution in [1.29, 1.82) is 0 Å². The van der Waals surface area contributed by atoms with E-state index in [1.54, 1.807) is 0 Å². The molecule has 0 aromatic carbocycles. The highest BCUT2D eigenvalue weighted by atomic mass is 31.2. The van der Waals surface area contributed by atoms with Crippen LogP contribution in [0, 0.1) is 0 Å². The molecule has 0 bridgehead atoms. The Bertz CT molecular complexity index is 1310. The SMILES string of the molecule is CCCCC/C=C\C/C=C\CCCCCCCCCCCC(=O)OC(COC(=O)CCCCCCCCCCCCCCCCCCCCCCCCCCCCCCCCCCCCCCC)COP(=O)(O)OCCN. The fraction of sp³-hybridized carbons (Fsp3) is 0.910. The molecule has 0 spiro atoms. The van der Waals surface area contributed by atoms with Crippen LogP contribution in [0.2, 0.25) is 0 Å². The molecule has 10 heteroatoms. The fourth-order valence-corrected chi connectivity index (χ4v) is 11.1. The van der Waals surface area contributed by atoms with E-state index in [9.17, 15) is 19.0 Å². The Kier molecular flexibility index (Phi) is 62.4. The maximum Gasteiger partial charge on any atom is 0.472 e. The number of rotatable bonds is 65. The number of nitrogens with two attached hydrogens (primary N) is 1. The molecule has 2 atom stereocenters. The van der Waals surface area contributed by atoms with Gasteiger partial charge < -0.3 is 20.1 Å². The predicted molar refractivity (Wildman–Crippen MR) is 331 cm³/mol. The summed E-state index contributed by atoms with van der Waals surface area (Å²) in [6.45, 7) is 3.78. The maximum atomic E-state index is 12.7. The number of esters is 2. The minimum Gasteiger partial charge on any atom is -0.462 e. The van der Waals surface area contributed by atoms with Crippen LogP contribution in [0.25, 0.3) is 0 Å². The molecule has 9 nitrogen and oxygen atoms in total. The molecular formula is C67H130NO8P. The average molecular weight is 1110 g/mol. The number of phosphoric acid groups is 1. The Morgan fingerprint density at radius 2 is 0.675 bits per heavy atom. The monoisotopic (exact) mass is 1110 g/mol. The van der Waals surface area contributed by atoms with Gasteiger partial charge in [-0.2, -0.15) is 0 Å². The third-order valence-corrected chi connectivity index (χ3v) is 16.3. The Morgan fingerprint density at radius 3 is 1.01 bits per heavy atom. The van der Waals surface area contributed by atoms with Gasteiger partial charge >= 0.3 is 19.8 Å². The molecule has 0 saturated heterocycles. The summed E-state index contributed by atoms with van der Waals surface area (Å²) in [6, 6.07) is 0. The molecule has 456 valence electrons. The molecular weight excluding hydrogens is 978 g/mol. The van der Waals surface area contributed by atoms with E-state index in [1.165, 1.54) is 276 Å². The number of hydrogen-bond acceptors (Lipinski definition) is 8. The van der Waals surface area contributed by atoms with Gasteiger partial charge in [0.2, 0.25) is 0 Å².